The maximum absolute atomic E-state index is 9.81. The molecule has 2 heteroatoms. The quantitative estimate of drug-likeness (QED) is 0.563. The maximum Gasteiger partial charge on any atom is 0.129 e. The molecular formula is C4H8OZr. The van der Waals surface area contributed by atoms with E-state index in [0.29, 0.717) is 6.42 Å². The third kappa shape index (κ3) is 8.82. The Morgan fingerprint density at radius 3 is 1.83 bits per heavy atom. The van der Waals surface area contributed by atoms with E-state index >= 15 is 0 Å². The zero-order chi connectivity index (χ0) is 4.28. The normalized spacial score (nSPS) is 6.33. The van der Waals surface area contributed by atoms with Gasteiger partial charge in [0.25, 0.3) is 0 Å². The third-order valence-electron chi connectivity index (χ3n) is 0.498. The Bertz CT molecular complexity index is 42.8. The van der Waals surface area contributed by atoms with Gasteiger partial charge in [-0.1, -0.05) is 6.92 Å². The molecule has 6 heavy (non-hydrogen) atoms. The van der Waals surface area contributed by atoms with Gasteiger partial charge in [0.2, 0.25) is 0 Å². The molecule has 1 nitrogen and oxygen atoms in total. The Morgan fingerprint density at radius 1 is 1.67 bits per heavy atom. The second-order valence-electron chi connectivity index (χ2n) is 1.06. The smallest absolute Gasteiger partial charge is 0.129 e. The van der Waals surface area contributed by atoms with Crippen molar-refractivity contribution < 1.29 is 31.0 Å². The zero-order valence-corrected chi connectivity index (χ0v) is 6.57. The van der Waals surface area contributed by atoms with Crippen LogP contribution in [-0.2, 0) is 31.0 Å². The predicted octanol–water partition coefficient (Wildman–Crippen LogP) is 0.983. The molecule has 0 saturated carbocycles. The molecule has 0 aromatic rings. The molecule has 0 fully saturated rings. The molecule has 0 aliphatic heterocycles. The largest absolute Gasteiger partial charge is 0.300 e. The molecule has 0 bridgehead atoms. The summed E-state index contributed by atoms with van der Waals surface area (Å²) in [7, 11) is 0. The summed E-state index contributed by atoms with van der Waals surface area (Å²) in [6.07, 6.45) is 0.667. The van der Waals surface area contributed by atoms with Crippen LogP contribution in [0, 0.1) is 0 Å². The summed E-state index contributed by atoms with van der Waals surface area (Å²) < 4.78 is 0. The van der Waals surface area contributed by atoms with Crippen LogP contribution in [0.5, 0.6) is 0 Å². The van der Waals surface area contributed by atoms with Crippen LogP contribution in [0.15, 0.2) is 0 Å². The van der Waals surface area contributed by atoms with Gasteiger partial charge in [-0.3, -0.25) is 0 Å². The summed E-state index contributed by atoms with van der Waals surface area (Å²) in [5.74, 6) is 0.255. The van der Waals surface area contributed by atoms with Gasteiger partial charge in [0.15, 0.2) is 0 Å². The van der Waals surface area contributed by atoms with E-state index in [0.717, 1.165) is 0 Å². The van der Waals surface area contributed by atoms with Crippen LogP contribution in [0.4, 0.5) is 0 Å². The standard InChI is InChI=1S/C4H8O.Zr/c1-3-4(2)5;/h3H2,1-2H3;. The minimum atomic E-state index is 0. The van der Waals surface area contributed by atoms with E-state index in [1.807, 2.05) is 6.92 Å². The molecule has 0 heterocycles. The molecule has 0 aliphatic carbocycles. The van der Waals surface area contributed by atoms with E-state index in [1.54, 1.807) is 6.92 Å². The van der Waals surface area contributed by atoms with Crippen molar-refractivity contribution in [1.29, 1.82) is 0 Å². The fourth-order valence-corrected chi connectivity index (χ4v) is 0. The molecule has 0 N–H and O–H groups in total. The van der Waals surface area contributed by atoms with Crippen molar-refractivity contribution in [2.24, 2.45) is 0 Å². The van der Waals surface area contributed by atoms with Crippen LogP contribution < -0.4 is 0 Å². The Balaban J connectivity index is 0. The predicted molar refractivity (Wildman–Crippen MR) is 21.0 cm³/mol. The van der Waals surface area contributed by atoms with Gasteiger partial charge < -0.3 is 4.79 Å². The molecule has 0 atom stereocenters. The summed E-state index contributed by atoms with van der Waals surface area (Å²) >= 11 is 0. The van der Waals surface area contributed by atoms with Crippen LogP contribution in [0.1, 0.15) is 20.3 Å². The van der Waals surface area contributed by atoms with Crippen molar-refractivity contribution in [3.05, 3.63) is 0 Å². The van der Waals surface area contributed by atoms with Gasteiger partial charge >= 0.3 is 0 Å². The number of hydrogen-bond donors (Lipinski definition) is 0. The van der Waals surface area contributed by atoms with E-state index in [-0.39, 0.29) is 32.0 Å². The summed E-state index contributed by atoms with van der Waals surface area (Å²) in [5.41, 5.74) is 0. The summed E-state index contributed by atoms with van der Waals surface area (Å²) in [4.78, 5) is 9.81. The molecule has 0 saturated heterocycles. The van der Waals surface area contributed by atoms with Crippen molar-refractivity contribution in [2.45, 2.75) is 20.3 Å². The van der Waals surface area contributed by atoms with E-state index in [2.05, 4.69) is 0 Å². The molecule has 0 aromatic carbocycles. The fraction of sp³-hybridized carbons (Fsp3) is 0.750. The van der Waals surface area contributed by atoms with E-state index in [1.165, 1.54) is 0 Å². The van der Waals surface area contributed by atoms with Crippen LogP contribution in [0.25, 0.3) is 0 Å². The number of carbonyl (C=O) groups excluding carboxylic acids is 1. The molecule has 0 unspecified atom stereocenters. The Morgan fingerprint density at radius 2 is 1.83 bits per heavy atom. The fourth-order valence-electron chi connectivity index (χ4n) is 0. The average molecular weight is 163 g/mol. The Hall–Kier alpha value is 0.553. The molecule has 0 amide bonds. The Kier molecular flexibility index (Phi) is 9.02. The number of hydrogen-bond acceptors (Lipinski definition) is 1. The SMILES string of the molecule is CCC(C)=O.[Zr]. The monoisotopic (exact) mass is 162 g/mol. The van der Waals surface area contributed by atoms with Crippen LogP contribution in [0.3, 0.4) is 0 Å². The summed E-state index contributed by atoms with van der Waals surface area (Å²) in [5, 5.41) is 0. The minimum Gasteiger partial charge on any atom is -0.300 e. The first kappa shape index (κ1) is 9.75. The zero-order valence-electron chi connectivity index (χ0n) is 4.12. The third-order valence-corrected chi connectivity index (χ3v) is 0.498. The molecule has 0 aromatic heterocycles. The van der Waals surface area contributed by atoms with Crippen molar-refractivity contribution in [1.82, 2.24) is 0 Å². The van der Waals surface area contributed by atoms with Gasteiger partial charge in [0.05, 0.1) is 0 Å². The molecular weight excluding hydrogens is 155 g/mol. The van der Waals surface area contributed by atoms with Gasteiger partial charge in [-0.25, -0.2) is 0 Å². The molecule has 0 spiro atoms. The van der Waals surface area contributed by atoms with Gasteiger partial charge in [0.1, 0.15) is 5.78 Å². The van der Waals surface area contributed by atoms with E-state index in [9.17, 15) is 4.79 Å². The van der Waals surface area contributed by atoms with E-state index in [4.69, 9.17) is 0 Å². The Labute approximate surface area is 57.2 Å². The van der Waals surface area contributed by atoms with Crippen LogP contribution in [-0.4, -0.2) is 5.78 Å². The number of ketones is 1. The first-order valence-electron chi connectivity index (χ1n) is 1.76. The van der Waals surface area contributed by atoms with Crippen molar-refractivity contribution in [2.75, 3.05) is 0 Å². The van der Waals surface area contributed by atoms with Gasteiger partial charge in [-0.05, 0) is 6.92 Å². The summed E-state index contributed by atoms with van der Waals surface area (Å²) in [6, 6.07) is 0. The first-order valence-corrected chi connectivity index (χ1v) is 1.76. The number of Topliss-reactive ketones (excluding diaryl/α,β-unsaturated/α-hetero) is 1. The topological polar surface area (TPSA) is 17.1 Å². The first-order chi connectivity index (χ1) is 2.27. The number of rotatable bonds is 1. The van der Waals surface area contributed by atoms with Crippen LogP contribution in [0.2, 0.25) is 0 Å². The van der Waals surface area contributed by atoms with Crippen molar-refractivity contribution in [3.63, 3.8) is 0 Å². The van der Waals surface area contributed by atoms with Gasteiger partial charge in [-0.2, -0.15) is 0 Å². The molecule has 34 valence electrons. The summed E-state index contributed by atoms with van der Waals surface area (Å²) in [6.45, 7) is 3.43. The maximum atomic E-state index is 9.81. The van der Waals surface area contributed by atoms with Crippen LogP contribution >= 0.6 is 0 Å². The molecule has 0 aliphatic rings. The van der Waals surface area contributed by atoms with Crippen molar-refractivity contribution in [3.8, 4) is 0 Å². The second kappa shape index (κ2) is 5.55. The minimum absolute atomic E-state index is 0. The average Bonchev–Trinajstić information content (AvgIpc) is 1.38. The second-order valence-corrected chi connectivity index (χ2v) is 1.06. The number of carbonyl (C=O) groups is 1. The van der Waals surface area contributed by atoms with Crippen molar-refractivity contribution >= 4 is 5.78 Å². The van der Waals surface area contributed by atoms with Gasteiger partial charge in [0, 0.05) is 32.6 Å². The van der Waals surface area contributed by atoms with Gasteiger partial charge in [-0.15, -0.1) is 0 Å². The molecule has 0 radical (unpaired) electrons. The van der Waals surface area contributed by atoms with E-state index < -0.39 is 0 Å². The molecule has 0 rings (SSSR count).